The summed E-state index contributed by atoms with van der Waals surface area (Å²) in [7, 11) is 0. The van der Waals surface area contributed by atoms with Gasteiger partial charge in [-0.2, -0.15) is 0 Å². The number of allylic oxidation sites excluding steroid dienone is 4. The van der Waals surface area contributed by atoms with E-state index in [9.17, 15) is 14.4 Å². The lowest BCUT2D eigenvalue weighted by Crippen LogP contribution is -2.30. The fourth-order valence-electron chi connectivity index (χ4n) is 10.8. The molecule has 0 aliphatic rings. The van der Waals surface area contributed by atoms with Crippen LogP contribution >= 0.6 is 0 Å². The topological polar surface area (TPSA) is 78.9 Å². The van der Waals surface area contributed by atoms with Gasteiger partial charge in [-0.25, -0.2) is 0 Å². The van der Waals surface area contributed by atoms with Crippen LogP contribution in [0.25, 0.3) is 0 Å². The molecule has 0 aromatic carbocycles. The van der Waals surface area contributed by atoms with Crippen LogP contribution in [0.2, 0.25) is 0 Å². The zero-order valence-corrected chi connectivity index (χ0v) is 53.0. The van der Waals surface area contributed by atoms with Crippen LogP contribution in [0, 0.1) is 0 Å². The van der Waals surface area contributed by atoms with E-state index >= 15 is 0 Å². The van der Waals surface area contributed by atoms with E-state index in [2.05, 4.69) is 45.1 Å². The molecule has 78 heavy (non-hydrogen) atoms. The van der Waals surface area contributed by atoms with Crippen LogP contribution in [0.3, 0.4) is 0 Å². The summed E-state index contributed by atoms with van der Waals surface area (Å²) >= 11 is 0. The van der Waals surface area contributed by atoms with E-state index < -0.39 is 6.10 Å². The van der Waals surface area contributed by atoms with Crippen molar-refractivity contribution in [3.8, 4) is 0 Å². The second-order valence-electron chi connectivity index (χ2n) is 24.1. The highest BCUT2D eigenvalue weighted by atomic mass is 16.6. The van der Waals surface area contributed by atoms with Crippen molar-refractivity contribution in [2.45, 2.75) is 406 Å². The second kappa shape index (κ2) is 67.4. The summed E-state index contributed by atoms with van der Waals surface area (Å²) in [6.07, 6.45) is 82.1. The number of hydrogen-bond donors (Lipinski definition) is 0. The minimum Gasteiger partial charge on any atom is -0.462 e. The maximum atomic E-state index is 12.9. The predicted octanol–water partition coefficient (Wildman–Crippen LogP) is 24.2. The Bertz CT molecular complexity index is 1260. The molecule has 0 fully saturated rings. The Morgan fingerprint density at radius 3 is 0.641 bits per heavy atom. The molecular formula is C72H136O6. The summed E-state index contributed by atoms with van der Waals surface area (Å²) < 4.78 is 17.0. The van der Waals surface area contributed by atoms with Gasteiger partial charge in [0.2, 0.25) is 0 Å². The lowest BCUT2D eigenvalue weighted by atomic mass is 10.0. The Balaban J connectivity index is 4.17. The van der Waals surface area contributed by atoms with Gasteiger partial charge >= 0.3 is 17.9 Å². The minimum atomic E-state index is -0.771. The number of esters is 3. The van der Waals surface area contributed by atoms with Crippen molar-refractivity contribution in [2.75, 3.05) is 13.2 Å². The predicted molar refractivity (Wildman–Crippen MR) is 340 cm³/mol. The molecule has 0 N–H and O–H groups in total. The molecule has 460 valence electrons. The molecule has 0 heterocycles. The lowest BCUT2D eigenvalue weighted by Gasteiger charge is -2.18. The van der Waals surface area contributed by atoms with E-state index in [-0.39, 0.29) is 31.1 Å². The molecule has 6 heteroatoms. The van der Waals surface area contributed by atoms with E-state index in [1.165, 1.54) is 295 Å². The quantitative estimate of drug-likeness (QED) is 0.0261. The van der Waals surface area contributed by atoms with E-state index in [0.717, 1.165) is 64.2 Å². The molecule has 0 saturated heterocycles. The Kier molecular flexibility index (Phi) is 65.6. The first-order chi connectivity index (χ1) is 38.5. The molecule has 6 nitrogen and oxygen atoms in total. The summed E-state index contributed by atoms with van der Waals surface area (Å²) in [5, 5.41) is 0. The number of hydrogen-bond acceptors (Lipinski definition) is 6. The molecule has 0 aromatic heterocycles. The average molecular weight is 1100 g/mol. The van der Waals surface area contributed by atoms with E-state index in [1.54, 1.807) is 0 Å². The molecule has 0 aromatic rings. The molecule has 0 aliphatic carbocycles. The van der Waals surface area contributed by atoms with E-state index in [1.807, 2.05) is 0 Å². The highest BCUT2D eigenvalue weighted by molar-refractivity contribution is 5.71. The Hall–Kier alpha value is -2.11. The van der Waals surface area contributed by atoms with Crippen LogP contribution in [0.4, 0.5) is 0 Å². The van der Waals surface area contributed by atoms with Crippen molar-refractivity contribution in [3.63, 3.8) is 0 Å². The molecule has 1 atom stereocenters. The van der Waals surface area contributed by atoms with Crippen molar-refractivity contribution in [1.82, 2.24) is 0 Å². The SMILES string of the molecule is CCCCCCC/C=C\CCCCCCCC(=O)OCC(COC(=O)CCCCCCCCCCCCCCCCCCC/C=C\CCCCCCCCCC)OC(=O)CCCCCCCCCCCCCCCCCCC. The standard InChI is InChI=1S/C72H136O6/c1-4-7-10-13-16-19-22-25-28-30-31-32-33-34-35-36-37-38-39-40-41-43-44-47-50-53-56-59-62-65-71(74)77-68-69(67-76-70(73)64-61-58-55-52-49-46-27-24-21-18-15-12-9-6-3)78-72(75)66-63-60-57-54-51-48-45-42-29-26-23-20-17-14-11-8-5-2/h24,27,30-31,69H,4-23,25-26,28-29,32-68H2,1-3H3/b27-24-,31-30-. The monoisotopic (exact) mass is 1100 g/mol. The first kappa shape index (κ1) is 75.9. The summed E-state index contributed by atoms with van der Waals surface area (Å²) in [5.74, 6) is -0.845. The zero-order valence-electron chi connectivity index (χ0n) is 53.0. The number of unbranched alkanes of at least 4 members (excludes halogenated alkanes) is 51. The number of carbonyl (C=O) groups is 3. The lowest BCUT2D eigenvalue weighted by molar-refractivity contribution is -0.167. The van der Waals surface area contributed by atoms with Crippen LogP contribution in [-0.2, 0) is 28.6 Å². The fraction of sp³-hybridized carbons (Fsp3) is 0.903. The third-order valence-electron chi connectivity index (χ3n) is 16.2. The Morgan fingerprint density at radius 1 is 0.244 bits per heavy atom. The molecule has 0 saturated carbocycles. The molecule has 0 radical (unpaired) electrons. The molecule has 0 rings (SSSR count). The summed E-state index contributed by atoms with van der Waals surface area (Å²) in [5.41, 5.74) is 0. The molecule has 0 aliphatic heterocycles. The van der Waals surface area contributed by atoms with Crippen molar-refractivity contribution >= 4 is 17.9 Å². The normalized spacial score (nSPS) is 12.1. The van der Waals surface area contributed by atoms with E-state index in [4.69, 9.17) is 14.2 Å². The first-order valence-corrected chi connectivity index (χ1v) is 35.3. The second-order valence-corrected chi connectivity index (χ2v) is 24.1. The van der Waals surface area contributed by atoms with E-state index in [0.29, 0.717) is 19.3 Å². The van der Waals surface area contributed by atoms with Crippen molar-refractivity contribution in [3.05, 3.63) is 24.3 Å². The van der Waals surface area contributed by atoms with Crippen molar-refractivity contribution in [2.24, 2.45) is 0 Å². The minimum absolute atomic E-state index is 0.0675. The van der Waals surface area contributed by atoms with Gasteiger partial charge in [-0.05, 0) is 70.6 Å². The number of ether oxygens (including phenoxy) is 3. The van der Waals surface area contributed by atoms with Gasteiger partial charge in [0, 0.05) is 19.3 Å². The van der Waals surface area contributed by atoms with Crippen molar-refractivity contribution < 1.29 is 28.6 Å². The molecular weight excluding hydrogens is 961 g/mol. The molecule has 0 bridgehead atoms. The highest BCUT2D eigenvalue weighted by Crippen LogP contribution is 2.19. The van der Waals surface area contributed by atoms with Crippen LogP contribution < -0.4 is 0 Å². The van der Waals surface area contributed by atoms with Gasteiger partial charge < -0.3 is 14.2 Å². The van der Waals surface area contributed by atoms with Gasteiger partial charge in [0.05, 0.1) is 0 Å². The third-order valence-corrected chi connectivity index (χ3v) is 16.2. The maximum absolute atomic E-state index is 12.9. The molecule has 0 spiro atoms. The van der Waals surface area contributed by atoms with Gasteiger partial charge in [-0.15, -0.1) is 0 Å². The fourth-order valence-corrected chi connectivity index (χ4v) is 10.8. The largest absolute Gasteiger partial charge is 0.462 e. The third kappa shape index (κ3) is 64.7. The van der Waals surface area contributed by atoms with Gasteiger partial charge in [0.15, 0.2) is 6.10 Å². The van der Waals surface area contributed by atoms with Crippen LogP contribution in [0.5, 0.6) is 0 Å². The van der Waals surface area contributed by atoms with Crippen LogP contribution in [0.1, 0.15) is 400 Å². The maximum Gasteiger partial charge on any atom is 0.306 e. The summed E-state index contributed by atoms with van der Waals surface area (Å²) in [6, 6.07) is 0. The summed E-state index contributed by atoms with van der Waals surface area (Å²) in [6.45, 7) is 6.70. The van der Waals surface area contributed by atoms with Crippen molar-refractivity contribution in [1.29, 1.82) is 0 Å². The Morgan fingerprint density at radius 2 is 0.423 bits per heavy atom. The number of carbonyl (C=O) groups excluding carboxylic acids is 3. The number of rotatable bonds is 66. The first-order valence-electron chi connectivity index (χ1n) is 35.3. The highest BCUT2D eigenvalue weighted by Gasteiger charge is 2.19. The van der Waals surface area contributed by atoms with Gasteiger partial charge in [0.1, 0.15) is 13.2 Å². The van der Waals surface area contributed by atoms with Gasteiger partial charge in [-0.1, -0.05) is 334 Å². The average Bonchev–Trinajstić information content (AvgIpc) is 3.44. The smallest absolute Gasteiger partial charge is 0.306 e. The summed E-state index contributed by atoms with van der Waals surface area (Å²) in [4.78, 5) is 38.4. The zero-order chi connectivity index (χ0) is 56.4. The van der Waals surface area contributed by atoms with Crippen LogP contribution in [-0.4, -0.2) is 37.2 Å². The van der Waals surface area contributed by atoms with Gasteiger partial charge in [0.25, 0.3) is 0 Å². The van der Waals surface area contributed by atoms with Crippen LogP contribution in [0.15, 0.2) is 24.3 Å². The van der Waals surface area contributed by atoms with Gasteiger partial charge in [-0.3, -0.25) is 14.4 Å². The molecule has 1 unspecified atom stereocenters. The molecule has 0 amide bonds. The Labute approximate surface area is 487 Å².